The van der Waals surface area contributed by atoms with Crippen molar-refractivity contribution in [2.45, 2.75) is 19.8 Å². The maximum Gasteiger partial charge on any atom is 0.232 e. The van der Waals surface area contributed by atoms with Crippen molar-refractivity contribution in [2.24, 2.45) is 0 Å². The largest absolute Gasteiger partial charge is 0.489 e. The molecule has 0 aliphatic rings. The zero-order valence-electron chi connectivity index (χ0n) is 16.2. The second-order valence-electron chi connectivity index (χ2n) is 6.45. The normalized spacial score (nSPS) is 10.9. The van der Waals surface area contributed by atoms with E-state index < -0.39 is 10.0 Å². The third kappa shape index (κ3) is 6.74. The average Bonchev–Trinajstić information content (AvgIpc) is 2.64. The summed E-state index contributed by atoms with van der Waals surface area (Å²) in [7, 11) is -3.43. The molecule has 0 radical (unpaired) electrons. The summed E-state index contributed by atoms with van der Waals surface area (Å²) in [6, 6.07) is 14.4. The number of nitrogens with one attached hydrogen (secondary N) is 1. The van der Waals surface area contributed by atoms with Gasteiger partial charge in [0.2, 0.25) is 15.9 Å². The van der Waals surface area contributed by atoms with Crippen LogP contribution in [0.25, 0.3) is 0 Å². The Hall–Kier alpha value is -2.80. The van der Waals surface area contributed by atoms with Crippen LogP contribution in [0.5, 0.6) is 5.75 Å². The number of aryl methyl sites for hydroxylation is 1. The van der Waals surface area contributed by atoms with E-state index in [4.69, 9.17) is 4.74 Å². The summed E-state index contributed by atoms with van der Waals surface area (Å²) >= 11 is 0. The number of hydrogen-bond donors (Lipinski definition) is 1. The van der Waals surface area contributed by atoms with Crippen molar-refractivity contribution >= 4 is 27.3 Å². The lowest BCUT2D eigenvalue weighted by Crippen LogP contribution is -2.31. The third-order valence-corrected chi connectivity index (χ3v) is 5.17. The summed E-state index contributed by atoms with van der Waals surface area (Å²) in [4.78, 5) is 12.2. The highest BCUT2D eigenvalue weighted by Crippen LogP contribution is 2.20. The Balaban J connectivity index is 1.92. The number of carbonyl (C=O) groups is 1. The highest BCUT2D eigenvalue weighted by atomic mass is 32.2. The molecule has 1 N–H and O–H groups in total. The molecule has 0 heterocycles. The minimum atomic E-state index is -3.43. The molecule has 0 saturated heterocycles. The van der Waals surface area contributed by atoms with Gasteiger partial charge in [0.25, 0.3) is 0 Å². The molecule has 0 aromatic heterocycles. The average molecular weight is 403 g/mol. The van der Waals surface area contributed by atoms with Gasteiger partial charge >= 0.3 is 0 Å². The van der Waals surface area contributed by atoms with Crippen LogP contribution >= 0.6 is 0 Å². The van der Waals surface area contributed by atoms with Crippen LogP contribution in [-0.4, -0.2) is 33.7 Å². The number of nitrogens with zero attached hydrogens (tertiary/aromatic N) is 1. The van der Waals surface area contributed by atoms with Gasteiger partial charge in [-0.25, -0.2) is 8.42 Å². The Morgan fingerprint density at radius 1 is 1.21 bits per heavy atom. The van der Waals surface area contributed by atoms with Crippen LogP contribution in [0.3, 0.4) is 0 Å². The van der Waals surface area contributed by atoms with Crippen LogP contribution in [0.4, 0.5) is 11.4 Å². The van der Waals surface area contributed by atoms with Crippen molar-refractivity contribution in [2.75, 3.05) is 29.0 Å². The number of ether oxygens (including phenoxy) is 1. The first kappa shape index (κ1) is 21.5. The van der Waals surface area contributed by atoms with Gasteiger partial charge in [0.05, 0.1) is 11.9 Å². The number of benzene rings is 2. The third-order valence-electron chi connectivity index (χ3n) is 3.97. The Morgan fingerprint density at radius 2 is 1.93 bits per heavy atom. The summed E-state index contributed by atoms with van der Waals surface area (Å²) in [5.41, 5.74) is 2.28. The van der Waals surface area contributed by atoms with Crippen molar-refractivity contribution in [1.29, 1.82) is 0 Å². The van der Waals surface area contributed by atoms with Crippen LogP contribution in [0.2, 0.25) is 0 Å². The lowest BCUT2D eigenvalue weighted by atomic mass is 10.2. The Labute approximate surface area is 166 Å². The molecule has 0 spiro atoms. The molecule has 2 aromatic rings. The molecule has 0 saturated carbocycles. The van der Waals surface area contributed by atoms with E-state index in [0.29, 0.717) is 30.2 Å². The molecular weight excluding hydrogens is 376 g/mol. The maximum absolute atomic E-state index is 12.2. The standard InChI is InChI=1S/C21H26N2O4S/c1-4-15-27-20-8-5-7-18(16-20)22-21(24)9-6-14-23(28(3,25)26)19-12-10-17(2)11-13-19/h4-5,7-8,10-13,16H,1,6,9,14-15H2,2-3H3,(H,22,24). The van der Waals surface area contributed by atoms with Gasteiger partial charge in [-0.3, -0.25) is 9.10 Å². The lowest BCUT2D eigenvalue weighted by Gasteiger charge is -2.22. The number of sulfonamides is 1. The van der Waals surface area contributed by atoms with Gasteiger partial charge in [-0.05, 0) is 37.6 Å². The Morgan fingerprint density at radius 3 is 2.57 bits per heavy atom. The van der Waals surface area contributed by atoms with Crippen LogP contribution in [0.1, 0.15) is 18.4 Å². The number of amides is 1. The van der Waals surface area contributed by atoms with Crippen molar-refractivity contribution < 1.29 is 17.9 Å². The van der Waals surface area contributed by atoms with E-state index in [1.807, 2.05) is 19.1 Å². The van der Waals surface area contributed by atoms with Gasteiger partial charge < -0.3 is 10.1 Å². The van der Waals surface area contributed by atoms with E-state index in [9.17, 15) is 13.2 Å². The zero-order chi connectivity index (χ0) is 20.6. The van der Waals surface area contributed by atoms with Gasteiger partial charge in [0, 0.05) is 24.7 Å². The Kier molecular flexibility index (Phi) is 7.63. The van der Waals surface area contributed by atoms with Crippen LogP contribution in [-0.2, 0) is 14.8 Å². The molecule has 6 nitrogen and oxygen atoms in total. The SMILES string of the molecule is C=CCOc1cccc(NC(=O)CCCN(c2ccc(C)cc2)S(C)(=O)=O)c1. The van der Waals surface area contributed by atoms with E-state index in [1.54, 1.807) is 42.5 Å². The molecule has 0 atom stereocenters. The molecule has 2 rings (SSSR count). The molecule has 28 heavy (non-hydrogen) atoms. The first-order valence-corrected chi connectivity index (χ1v) is 10.8. The summed E-state index contributed by atoms with van der Waals surface area (Å²) in [5, 5.41) is 2.81. The molecule has 150 valence electrons. The summed E-state index contributed by atoms with van der Waals surface area (Å²) in [5.74, 6) is 0.457. The molecule has 1 amide bonds. The quantitative estimate of drug-likeness (QED) is 0.614. The summed E-state index contributed by atoms with van der Waals surface area (Å²) in [6.45, 7) is 6.16. The van der Waals surface area contributed by atoms with Crippen LogP contribution in [0.15, 0.2) is 61.2 Å². The van der Waals surface area contributed by atoms with E-state index in [1.165, 1.54) is 10.6 Å². The fourth-order valence-corrected chi connectivity index (χ4v) is 3.59. The monoisotopic (exact) mass is 402 g/mol. The summed E-state index contributed by atoms with van der Waals surface area (Å²) in [6.07, 6.45) is 3.42. The highest BCUT2D eigenvalue weighted by Gasteiger charge is 2.17. The molecule has 0 aliphatic carbocycles. The van der Waals surface area contributed by atoms with E-state index in [0.717, 1.165) is 5.56 Å². The fourth-order valence-electron chi connectivity index (χ4n) is 2.62. The number of carbonyl (C=O) groups excluding carboxylic acids is 1. The molecule has 7 heteroatoms. The van der Waals surface area contributed by atoms with E-state index >= 15 is 0 Å². The number of anilines is 2. The summed E-state index contributed by atoms with van der Waals surface area (Å²) < 4.78 is 31.0. The molecule has 0 bridgehead atoms. The molecule has 0 unspecified atom stereocenters. The lowest BCUT2D eigenvalue weighted by molar-refractivity contribution is -0.116. The minimum Gasteiger partial charge on any atom is -0.489 e. The van der Waals surface area contributed by atoms with Crippen molar-refractivity contribution in [3.05, 3.63) is 66.7 Å². The fraction of sp³-hybridized carbons (Fsp3) is 0.286. The van der Waals surface area contributed by atoms with Gasteiger partial charge in [-0.1, -0.05) is 36.4 Å². The predicted octanol–water partition coefficient (Wildman–Crippen LogP) is 3.74. The highest BCUT2D eigenvalue weighted by molar-refractivity contribution is 7.92. The predicted molar refractivity (Wildman–Crippen MR) is 113 cm³/mol. The van der Waals surface area contributed by atoms with Crippen LogP contribution in [0, 0.1) is 6.92 Å². The van der Waals surface area contributed by atoms with E-state index in [2.05, 4.69) is 11.9 Å². The second-order valence-corrected chi connectivity index (χ2v) is 8.36. The van der Waals surface area contributed by atoms with Gasteiger partial charge in [0.15, 0.2) is 0 Å². The number of hydrogen-bond acceptors (Lipinski definition) is 4. The van der Waals surface area contributed by atoms with Crippen molar-refractivity contribution in [3.63, 3.8) is 0 Å². The van der Waals surface area contributed by atoms with Gasteiger partial charge in [0.1, 0.15) is 12.4 Å². The Bertz CT molecular complexity index is 908. The van der Waals surface area contributed by atoms with Crippen molar-refractivity contribution in [1.82, 2.24) is 0 Å². The van der Waals surface area contributed by atoms with Crippen molar-refractivity contribution in [3.8, 4) is 5.75 Å². The molecule has 0 fully saturated rings. The topological polar surface area (TPSA) is 75.7 Å². The first-order valence-electron chi connectivity index (χ1n) is 8.97. The minimum absolute atomic E-state index is 0.182. The molecular formula is C21H26N2O4S. The number of rotatable bonds is 10. The molecule has 2 aromatic carbocycles. The van der Waals surface area contributed by atoms with Crippen LogP contribution < -0.4 is 14.4 Å². The zero-order valence-corrected chi connectivity index (χ0v) is 17.0. The maximum atomic E-state index is 12.2. The first-order chi connectivity index (χ1) is 13.3. The van der Waals surface area contributed by atoms with E-state index in [-0.39, 0.29) is 18.9 Å². The van der Waals surface area contributed by atoms with Gasteiger partial charge in [-0.15, -0.1) is 0 Å². The second kappa shape index (κ2) is 9.94. The smallest absolute Gasteiger partial charge is 0.232 e. The molecule has 0 aliphatic heterocycles. The van der Waals surface area contributed by atoms with Gasteiger partial charge in [-0.2, -0.15) is 0 Å².